The van der Waals surface area contributed by atoms with Crippen molar-refractivity contribution in [3.05, 3.63) is 35.4 Å². The van der Waals surface area contributed by atoms with Crippen molar-refractivity contribution in [3.63, 3.8) is 0 Å². The SMILES string of the molecule is CC(C)(CO)c1cccc(C2CCC2)c1. The third-order valence-electron chi connectivity index (χ3n) is 3.64. The Morgan fingerprint density at radius 3 is 2.60 bits per heavy atom. The summed E-state index contributed by atoms with van der Waals surface area (Å²) in [6, 6.07) is 8.75. The third kappa shape index (κ3) is 2.07. The molecule has 15 heavy (non-hydrogen) atoms. The van der Waals surface area contributed by atoms with Crippen LogP contribution in [-0.2, 0) is 5.41 Å². The summed E-state index contributed by atoms with van der Waals surface area (Å²) in [5, 5.41) is 9.35. The number of benzene rings is 1. The summed E-state index contributed by atoms with van der Waals surface area (Å²) in [7, 11) is 0. The Labute approximate surface area is 92.1 Å². The highest BCUT2D eigenvalue weighted by atomic mass is 16.3. The van der Waals surface area contributed by atoms with Crippen molar-refractivity contribution in [1.29, 1.82) is 0 Å². The Kier molecular flexibility index (Phi) is 2.83. The van der Waals surface area contributed by atoms with Gasteiger partial charge in [-0.25, -0.2) is 0 Å². The van der Waals surface area contributed by atoms with Gasteiger partial charge in [0.05, 0.1) is 6.61 Å². The van der Waals surface area contributed by atoms with Crippen LogP contribution >= 0.6 is 0 Å². The van der Waals surface area contributed by atoms with Gasteiger partial charge in [-0.15, -0.1) is 0 Å². The summed E-state index contributed by atoms with van der Waals surface area (Å²) in [5.74, 6) is 0.777. The molecule has 1 nitrogen and oxygen atoms in total. The Bertz CT molecular complexity index is 337. The van der Waals surface area contributed by atoms with Crippen molar-refractivity contribution in [1.82, 2.24) is 0 Å². The second-order valence-electron chi connectivity index (χ2n) is 5.30. The maximum atomic E-state index is 9.35. The summed E-state index contributed by atoms with van der Waals surface area (Å²) < 4.78 is 0. The van der Waals surface area contributed by atoms with Crippen LogP contribution < -0.4 is 0 Å². The standard InChI is InChI=1S/C14H20O/c1-14(2,10-15)13-8-4-7-12(9-13)11-5-3-6-11/h4,7-9,11,15H,3,5-6,10H2,1-2H3. The van der Waals surface area contributed by atoms with Crippen LogP contribution in [0.3, 0.4) is 0 Å². The van der Waals surface area contributed by atoms with Gasteiger partial charge >= 0.3 is 0 Å². The zero-order chi connectivity index (χ0) is 10.9. The Balaban J connectivity index is 2.25. The first-order chi connectivity index (χ1) is 7.13. The van der Waals surface area contributed by atoms with Crippen molar-refractivity contribution in [2.24, 2.45) is 0 Å². The van der Waals surface area contributed by atoms with Gasteiger partial charge in [0.1, 0.15) is 0 Å². The van der Waals surface area contributed by atoms with Crippen LogP contribution in [0.15, 0.2) is 24.3 Å². The highest BCUT2D eigenvalue weighted by Crippen LogP contribution is 2.37. The van der Waals surface area contributed by atoms with Gasteiger partial charge in [0.15, 0.2) is 0 Å². The largest absolute Gasteiger partial charge is 0.395 e. The molecule has 1 aliphatic rings. The first-order valence-corrected chi connectivity index (χ1v) is 5.85. The normalized spacial score (nSPS) is 17.5. The monoisotopic (exact) mass is 204 g/mol. The summed E-state index contributed by atoms with van der Waals surface area (Å²) in [6.07, 6.45) is 4.05. The zero-order valence-corrected chi connectivity index (χ0v) is 9.66. The smallest absolute Gasteiger partial charge is 0.0522 e. The molecular formula is C14H20O. The van der Waals surface area contributed by atoms with Gasteiger partial charge in [0, 0.05) is 5.41 Å². The maximum absolute atomic E-state index is 9.35. The number of rotatable bonds is 3. The highest BCUT2D eigenvalue weighted by molar-refractivity contribution is 5.32. The van der Waals surface area contributed by atoms with Crippen LogP contribution in [0.4, 0.5) is 0 Å². The lowest BCUT2D eigenvalue weighted by molar-refractivity contribution is 0.218. The molecule has 0 atom stereocenters. The van der Waals surface area contributed by atoms with E-state index in [0.717, 1.165) is 5.92 Å². The topological polar surface area (TPSA) is 20.2 Å². The predicted molar refractivity (Wildman–Crippen MR) is 63.1 cm³/mol. The Hall–Kier alpha value is -0.820. The molecule has 0 spiro atoms. The summed E-state index contributed by atoms with van der Waals surface area (Å²) >= 11 is 0. The number of hydrogen-bond acceptors (Lipinski definition) is 1. The molecule has 1 heteroatoms. The van der Waals surface area contributed by atoms with Crippen LogP contribution in [0.1, 0.15) is 50.2 Å². The van der Waals surface area contributed by atoms with Gasteiger partial charge in [0.2, 0.25) is 0 Å². The average molecular weight is 204 g/mol. The molecule has 1 N–H and O–H groups in total. The van der Waals surface area contributed by atoms with Gasteiger partial charge < -0.3 is 5.11 Å². The quantitative estimate of drug-likeness (QED) is 0.801. The fourth-order valence-corrected chi connectivity index (χ4v) is 2.05. The van der Waals surface area contributed by atoms with Crippen molar-refractivity contribution < 1.29 is 5.11 Å². The average Bonchev–Trinajstić information content (AvgIpc) is 2.16. The summed E-state index contributed by atoms with van der Waals surface area (Å²) in [4.78, 5) is 0. The van der Waals surface area contributed by atoms with Crippen LogP contribution in [-0.4, -0.2) is 11.7 Å². The summed E-state index contributed by atoms with van der Waals surface area (Å²) in [6.45, 7) is 4.39. The van der Waals surface area contributed by atoms with Gasteiger partial charge in [0.25, 0.3) is 0 Å². The molecule has 82 valence electrons. The Morgan fingerprint density at radius 1 is 1.33 bits per heavy atom. The molecule has 0 bridgehead atoms. The molecular weight excluding hydrogens is 184 g/mol. The van der Waals surface area contributed by atoms with Crippen LogP contribution in [0.5, 0.6) is 0 Å². The van der Waals surface area contributed by atoms with Gasteiger partial charge in [-0.05, 0) is 29.9 Å². The number of aliphatic hydroxyl groups excluding tert-OH is 1. The molecule has 1 saturated carbocycles. The van der Waals surface area contributed by atoms with E-state index in [1.165, 1.54) is 30.4 Å². The molecule has 0 amide bonds. The minimum Gasteiger partial charge on any atom is -0.395 e. The molecule has 0 saturated heterocycles. The second-order valence-corrected chi connectivity index (χ2v) is 5.30. The van der Waals surface area contributed by atoms with Crippen molar-refractivity contribution in [2.45, 2.75) is 44.4 Å². The van der Waals surface area contributed by atoms with Crippen molar-refractivity contribution in [3.8, 4) is 0 Å². The Morgan fingerprint density at radius 2 is 2.07 bits per heavy atom. The van der Waals surface area contributed by atoms with E-state index < -0.39 is 0 Å². The fraction of sp³-hybridized carbons (Fsp3) is 0.571. The first kappa shape index (κ1) is 10.7. The van der Waals surface area contributed by atoms with Crippen molar-refractivity contribution >= 4 is 0 Å². The highest BCUT2D eigenvalue weighted by Gasteiger charge is 2.23. The zero-order valence-electron chi connectivity index (χ0n) is 9.66. The number of aliphatic hydroxyl groups is 1. The minimum absolute atomic E-state index is 0.111. The molecule has 0 aromatic heterocycles. The lowest BCUT2D eigenvalue weighted by atomic mass is 9.77. The first-order valence-electron chi connectivity index (χ1n) is 5.85. The van der Waals surface area contributed by atoms with Gasteiger partial charge in [-0.2, -0.15) is 0 Å². The molecule has 0 unspecified atom stereocenters. The molecule has 0 heterocycles. The van der Waals surface area contributed by atoms with E-state index >= 15 is 0 Å². The van der Waals surface area contributed by atoms with E-state index in [1.54, 1.807) is 0 Å². The molecule has 2 rings (SSSR count). The van der Waals surface area contributed by atoms with Gasteiger partial charge in [-0.1, -0.05) is 44.5 Å². The molecule has 1 aromatic carbocycles. The second kappa shape index (κ2) is 3.97. The van der Waals surface area contributed by atoms with E-state index in [0.29, 0.717) is 0 Å². The van der Waals surface area contributed by atoms with E-state index in [1.807, 2.05) is 0 Å². The maximum Gasteiger partial charge on any atom is 0.0522 e. The molecule has 1 fully saturated rings. The summed E-state index contributed by atoms with van der Waals surface area (Å²) in [5.41, 5.74) is 2.61. The molecule has 0 radical (unpaired) electrons. The lowest BCUT2D eigenvalue weighted by Gasteiger charge is -2.28. The predicted octanol–water partition coefficient (Wildman–Crippen LogP) is 3.22. The van der Waals surface area contributed by atoms with Gasteiger partial charge in [-0.3, -0.25) is 0 Å². The van der Waals surface area contributed by atoms with E-state index in [2.05, 4.69) is 38.1 Å². The van der Waals surface area contributed by atoms with Crippen LogP contribution in [0, 0.1) is 0 Å². The van der Waals surface area contributed by atoms with Crippen LogP contribution in [0.2, 0.25) is 0 Å². The third-order valence-corrected chi connectivity index (χ3v) is 3.64. The van der Waals surface area contributed by atoms with E-state index in [4.69, 9.17) is 0 Å². The lowest BCUT2D eigenvalue weighted by Crippen LogP contribution is -2.22. The van der Waals surface area contributed by atoms with Crippen LogP contribution in [0.25, 0.3) is 0 Å². The van der Waals surface area contributed by atoms with E-state index in [-0.39, 0.29) is 12.0 Å². The van der Waals surface area contributed by atoms with E-state index in [9.17, 15) is 5.11 Å². The molecule has 1 aliphatic carbocycles. The van der Waals surface area contributed by atoms with Crippen molar-refractivity contribution in [2.75, 3.05) is 6.61 Å². The minimum atomic E-state index is -0.111. The molecule has 0 aliphatic heterocycles. The molecule has 1 aromatic rings. The fourth-order valence-electron chi connectivity index (χ4n) is 2.05. The number of hydrogen-bond donors (Lipinski definition) is 1.